The summed E-state index contributed by atoms with van der Waals surface area (Å²) in [6.45, 7) is 3.97. The van der Waals surface area contributed by atoms with E-state index in [0.29, 0.717) is 11.3 Å². The Kier molecular flexibility index (Phi) is 3.23. The summed E-state index contributed by atoms with van der Waals surface area (Å²) in [4.78, 5) is 25.0. The first-order valence-electron chi connectivity index (χ1n) is 7.50. The molecule has 0 saturated carbocycles. The van der Waals surface area contributed by atoms with E-state index in [2.05, 4.69) is 20.1 Å². The summed E-state index contributed by atoms with van der Waals surface area (Å²) in [5.74, 6) is -0.483. The predicted molar refractivity (Wildman–Crippen MR) is 85.7 cm³/mol. The third-order valence-electron chi connectivity index (χ3n) is 3.73. The molecule has 0 bridgehead atoms. The van der Waals surface area contributed by atoms with Gasteiger partial charge in [-0.15, -0.1) is 0 Å². The van der Waals surface area contributed by atoms with Crippen LogP contribution < -0.4 is 0 Å². The molecule has 4 heterocycles. The highest BCUT2D eigenvalue weighted by Crippen LogP contribution is 2.21. The van der Waals surface area contributed by atoms with Gasteiger partial charge in [0.05, 0.1) is 18.0 Å². The minimum absolute atomic E-state index is 0.201. The number of hydrogen-bond donors (Lipinski definition) is 0. The van der Waals surface area contributed by atoms with Gasteiger partial charge < -0.3 is 4.74 Å². The van der Waals surface area contributed by atoms with E-state index in [1.54, 1.807) is 22.2 Å². The Morgan fingerprint density at radius 2 is 2.17 bits per heavy atom. The van der Waals surface area contributed by atoms with E-state index >= 15 is 0 Å². The number of carbonyl (C=O) groups excluding carboxylic acids is 1. The molecule has 4 rings (SSSR count). The Morgan fingerprint density at radius 1 is 1.29 bits per heavy atom. The van der Waals surface area contributed by atoms with E-state index in [4.69, 9.17) is 4.74 Å². The van der Waals surface area contributed by atoms with Gasteiger partial charge in [-0.25, -0.2) is 24.3 Å². The predicted octanol–water partition coefficient (Wildman–Crippen LogP) is 1.92. The van der Waals surface area contributed by atoms with Crippen molar-refractivity contribution in [3.8, 4) is 11.4 Å². The van der Waals surface area contributed by atoms with E-state index < -0.39 is 5.97 Å². The number of ether oxygens (including phenoxy) is 1. The average Bonchev–Trinajstić information content (AvgIpc) is 3.21. The lowest BCUT2D eigenvalue weighted by atomic mass is 10.2. The van der Waals surface area contributed by atoms with Crippen LogP contribution in [0.3, 0.4) is 0 Å². The molecule has 0 unspecified atom stereocenters. The fourth-order valence-electron chi connectivity index (χ4n) is 2.63. The molecule has 0 aliphatic heterocycles. The Labute approximate surface area is 136 Å². The molecule has 24 heavy (non-hydrogen) atoms. The fourth-order valence-corrected chi connectivity index (χ4v) is 2.63. The van der Waals surface area contributed by atoms with Crippen LogP contribution in [0.4, 0.5) is 0 Å². The molecule has 8 heteroatoms. The fraction of sp³-hybridized carbons (Fsp3) is 0.188. The van der Waals surface area contributed by atoms with Gasteiger partial charge in [0.2, 0.25) is 0 Å². The monoisotopic (exact) mass is 322 g/mol. The molecular weight excluding hydrogens is 308 g/mol. The van der Waals surface area contributed by atoms with Crippen LogP contribution in [0.15, 0.2) is 36.9 Å². The second-order valence-corrected chi connectivity index (χ2v) is 5.23. The second kappa shape index (κ2) is 5.41. The number of imidazole rings is 1. The number of aromatic nitrogens is 6. The number of carbonyl (C=O) groups is 1. The highest BCUT2D eigenvalue weighted by atomic mass is 16.5. The van der Waals surface area contributed by atoms with Gasteiger partial charge in [0.25, 0.3) is 0 Å². The van der Waals surface area contributed by atoms with Crippen molar-refractivity contribution in [1.82, 2.24) is 29.0 Å². The van der Waals surface area contributed by atoms with E-state index in [1.807, 2.05) is 31.2 Å². The van der Waals surface area contributed by atoms with Gasteiger partial charge in [-0.05, 0) is 32.0 Å². The lowest BCUT2D eigenvalue weighted by Gasteiger charge is -2.07. The highest BCUT2D eigenvalue weighted by molar-refractivity contribution is 5.94. The lowest BCUT2D eigenvalue weighted by Crippen LogP contribution is -2.07. The summed E-state index contributed by atoms with van der Waals surface area (Å²) in [6.07, 6.45) is 3.07. The lowest BCUT2D eigenvalue weighted by molar-refractivity contribution is 0.0522. The molecular formula is C16H14N6O2. The average molecular weight is 322 g/mol. The number of pyridine rings is 1. The minimum Gasteiger partial charge on any atom is -0.461 e. The number of esters is 1. The molecule has 0 saturated heterocycles. The first-order valence-corrected chi connectivity index (χ1v) is 7.50. The topological polar surface area (TPSA) is 86.7 Å². The van der Waals surface area contributed by atoms with Crippen molar-refractivity contribution in [1.29, 1.82) is 0 Å². The molecule has 8 nitrogen and oxygen atoms in total. The molecule has 0 N–H and O–H groups in total. The van der Waals surface area contributed by atoms with Crippen molar-refractivity contribution in [3.63, 3.8) is 0 Å². The van der Waals surface area contributed by atoms with E-state index in [9.17, 15) is 4.79 Å². The minimum atomic E-state index is -0.483. The van der Waals surface area contributed by atoms with Crippen molar-refractivity contribution in [2.75, 3.05) is 6.61 Å². The van der Waals surface area contributed by atoms with Gasteiger partial charge in [-0.3, -0.25) is 4.40 Å². The normalized spacial score (nSPS) is 11.2. The van der Waals surface area contributed by atoms with Gasteiger partial charge in [0, 0.05) is 5.69 Å². The number of aryl methyl sites for hydroxylation is 1. The van der Waals surface area contributed by atoms with Crippen LogP contribution >= 0.6 is 0 Å². The Morgan fingerprint density at radius 3 is 3.00 bits per heavy atom. The smallest absolute Gasteiger partial charge is 0.360 e. The molecule has 120 valence electrons. The molecule has 0 aliphatic carbocycles. The van der Waals surface area contributed by atoms with Crippen LogP contribution in [0.1, 0.15) is 23.1 Å². The summed E-state index contributed by atoms with van der Waals surface area (Å²) in [7, 11) is 0. The Balaban J connectivity index is 1.95. The van der Waals surface area contributed by atoms with Crippen LogP contribution in [-0.2, 0) is 4.74 Å². The first kappa shape index (κ1) is 14.3. The van der Waals surface area contributed by atoms with Crippen molar-refractivity contribution < 1.29 is 9.53 Å². The van der Waals surface area contributed by atoms with Crippen molar-refractivity contribution in [2.45, 2.75) is 13.8 Å². The maximum atomic E-state index is 12.1. The summed E-state index contributed by atoms with van der Waals surface area (Å²) < 4.78 is 8.52. The highest BCUT2D eigenvalue weighted by Gasteiger charge is 2.18. The van der Waals surface area contributed by atoms with E-state index in [1.165, 1.54) is 6.33 Å². The Bertz CT molecular complexity index is 1060. The van der Waals surface area contributed by atoms with Gasteiger partial charge in [0.1, 0.15) is 12.7 Å². The van der Waals surface area contributed by atoms with Crippen molar-refractivity contribution in [2.24, 2.45) is 0 Å². The molecule has 0 radical (unpaired) electrons. The molecule has 0 atom stereocenters. The zero-order valence-electron chi connectivity index (χ0n) is 13.2. The molecule has 0 aliphatic rings. The quantitative estimate of drug-likeness (QED) is 0.536. The maximum Gasteiger partial charge on any atom is 0.360 e. The van der Waals surface area contributed by atoms with Gasteiger partial charge in [-0.1, -0.05) is 6.07 Å². The summed E-state index contributed by atoms with van der Waals surface area (Å²) in [6, 6.07) is 7.58. The van der Waals surface area contributed by atoms with Crippen LogP contribution in [-0.4, -0.2) is 41.5 Å². The number of fused-ring (bicyclic) bond motifs is 2. The number of rotatable bonds is 3. The molecule has 0 aromatic carbocycles. The zero-order chi connectivity index (χ0) is 16.7. The number of nitrogens with zero attached hydrogens (tertiary/aromatic N) is 6. The van der Waals surface area contributed by atoms with Crippen LogP contribution in [0, 0.1) is 6.92 Å². The maximum absolute atomic E-state index is 12.1. The summed E-state index contributed by atoms with van der Waals surface area (Å²) in [5, 5.41) is 4.23. The third-order valence-corrected chi connectivity index (χ3v) is 3.73. The summed E-state index contributed by atoms with van der Waals surface area (Å²) >= 11 is 0. The van der Waals surface area contributed by atoms with E-state index in [0.717, 1.165) is 17.0 Å². The van der Waals surface area contributed by atoms with Crippen molar-refractivity contribution >= 4 is 17.3 Å². The molecule has 4 aromatic rings. The van der Waals surface area contributed by atoms with Crippen LogP contribution in [0.2, 0.25) is 0 Å². The molecule has 0 spiro atoms. The zero-order valence-corrected chi connectivity index (χ0v) is 13.2. The first-order chi connectivity index (χ1) is 11.7. The van der Waals surface area contributed by atoms with Crippen LogP contribution in [0.5, 0.6) is 0 Å². The molecule has 4 aromatic heterocycles. The Hall–Kier alpha value is -3.29. The molecule has 0 fully saturated rings. The third kappa shape index (κ3) is 2.11. The standard InChI is InChI=1S/C16H14N6O2/c1-3-24-16(23)14-15-20-11(7-10(2)21(15)9-18-14)12-5-4-6-13-17-8-19-22(12)13/h4-9H,3H2,1-2H3. The molecule has 0 amide bonds. The number of hydrogen-bond acceptors (Lipinski definition) is 6. The van der Waals surface area contributed by atoms with Crippen molar-refractivity contribution in [3.05, 3.63) is 48.3 Å². The van der Waals surface area contributed by atoms with Gasteiger partial charge in [0.15, 0.2) is 17.0 Å². The largest absolute Gasteiger partial charge is 0.461 e. The van der Waals surface area contributed by atoms with E-state index in [-0.39, 0.29) is 12.3 Å². The van der Waals surface area contributed by atoms with Gasteiger partial charge in [-0.2, -0.15) is 5.10 Å². The summed E-state index contributed by atoms with van der Waals surface area (Å²) in [5.41, 5.74) is 3.75. The second-order valence-electron chi connectivity index (χ2n) is 5.23. The van der Waals surface area contributed by atoms with Gasteiger partial charge >= 0.3 is 5.97 Å². The van der Waals surface area contributed by atoms with Crippen LogP contribution in [0.25, 0.3) is 22.7 Å². The SMILES string of the molecule is CCOC(=O)c1ncn2c(C)cc(-c3cccc4ncnn34)nc12.